The zero-order chi connectivity index (χ0) is 11.1. The topological polar surface area (TPSA) is 58.5 Å². The van der Waals surface area contributed by atoms with Crippen molar-refractivity contribution in [2.45, 2.75) is 18.2 Å². The fraction of sp³-hybridized carbons (Fsp3) is 0.222. The van der Waals surface area contributed by atoms with Gasteiger partial charge in [-0.3, -0.25) is 0 Å². The maximum absolute atomic E-state index is 11.7. The first-order valence-electron chi connectivity index (χ1n) is 4.43. The third kappa shape index (κ3) is 1.85. The van der Waals surface area contributed by atoms with Gasteiger partial charge in [-0.2, -0.15) is 8.42 Å². The first-order chi connectivity index (χ1) is 7.03. The number of nitrogens with one attached hydrogen (secondary N) is 1. The highest BCUT2D eigenvalue weighted by Crippen LogP contribution is 2.29. The summed E-state index contributed by atoms with van der Waals surface area (Å²) < 4.78 is 27.1. The van der Waals surface area contributed by atoms with Crippen molar-refractivity contribution in [1.29, 1.82) is 0 Å². The summed E-state index contributed by atoms with van der Waals surface area (Å²) in [7, 11) is -3.58. The number of sulfonamides is 1. The SMILES string of the molecule is CCC1=NS(=O)(=O)c2cc(Cl)ccc2N1. The van der Waals surface area contributed by atoms with Gasteiger partial charge in [-0.1, -0.05) is 18.5 Å². The van der Waals surface area contributed by atoms with Gasteiger partial charge in [0.15, 0.2) is 0 Å². The highest BCUT2D eigenvalue weighted by molar-refractivity contribution is 7.90. The first-order valence-corrected chi connectivity index (χ1v) is 6.25. The van der Waals surface area contributed by atoms with Crippen LogP contribution in [-0.2, 0) is 10.0 Å². The van der Waals surface area contributed by atoms with Crippen LogP contribution in [0.15, 0.2) is 27.5 Å². The number of hydrogen-bond acceptors (Lipinski definition) is 3. The summed E-state index contributed by atoms with van der Waals surface area (Å²) >= 11 is 5.73. The van der Waals surface area contributed by atoms with E-state index in [0.29, 0.717) is 23.0 Å². The predicted octanol–water partition coefficient (Wildman–Crippen LogP) is 2.26. The Labute approximate surface area is 93.0 Å². The van der Waals surface area contributed by atoms with Crippen LogP contribution in [0, 0.1) is 0 Å². The zero-order valence-electron chi connectivity index (χ0n) is 7.99. The lowest BCUT2D eigenvalue weighted by Crippen LogP contribution is -2.20. The number of benzene rings is 1. The van der Waals surface area contributed by atoms with Gasteiger partial charge in [-0.05, 0) is 18.2 Å². The van der Waals surface area contributed by atoms with Crippen molar-refractivity contribution in [1.82, 2.24) is 0 Å². The average molecular weight is 245 g/mol. The number of hydrogen-bond donors (Lipinski definition) is 1. The van der Waals surface area contributed by atoms with Gasteiger partial charge in [0.1, 0.15) is 10.7 Å². The maximum Gasteiger partial charge on any atom is 0.286 e. The molecule has 6 heteroatoms. The lowest BCUT2D eigenvalue weighted by Gasteiger charge is -2.17. The van der Waals surface area contributed by atoms with E-state index in [-0.39, 0.29) is 4.90 Å². The number of anilines is 1. The largest absolute Gasteiger partial charge is 0.342 e. The second-order valence-electron chi connectivity index (χ2n) is 3.13. The van der Waals surface area contributed by atoms with Crippen LogP contribution in [0.5, 0.6) is 0 Å². The van der Waals surface area contributed by atoms with E-state index in [9.17, 15) is 8.42 Å². The number of halogens is 1. The summed E-state index contributed by atoms with van der Waals surface area (Å²) in [6.45, 7) is 1.84. The molecule has 0 aliphatic carbocycles. The quantitative estimate of drug-likeness (QED) is 0.824. The summed E-state index contributed by atoms with van der Waals surface area (Å²) in [5.41, 5.74) is 0.534. The molecule has 1 N–H and O–H groups in total. The molecule has 15 heavy (non-hydrogen) atoms. The molecule has 0 amide bonds. The highest BCUT2D eigenvalue weighted by Gasteiger charge is 2.24. The van der Waals surface area contributed by atoms with Gasteiger partial charge in [0.25, 0.3) is 10.0 Å². The average Bonchev–Trinajstić information content (AvgIpc) is 2.18. The normalized spacial score (nSPS) is 17.6. The van der Waals surface area contributed by atoms with Gasteiger partial charge >= 0.3 is 0 Å². The lowest BCUT2D eigenvalue weighted by molar-refractivity contribution is 0.597. The van der Waals surface area contributed by atoms with E-state index in [1.54, 1.807) is 12.1 Å². The van der Waals surface area contributed by atoms with Gasteiger partial charge in [-0.15, -0.1) is 4.40 Å². The second kappa shape index (κ2) is 3.50. The summed E-state index contributed by atoms with van der Waals surface area (Å²) in [6.07, 6.45) is 0.543. The van der Waals surface area contributed by atoms with Crippen LogP contribution in [0.25, 0.3) is 0 Å². The van der Waals surface area contributed by atoms with Crippen LogP contribution in [0.1, 0.15) is 13.3 Å². The molecule has 0 radical (unpaired) electrons. The zero-order valence-corrected chi connectivity index (χ0v) is 9.56. The van der Waals surface area contributed by atoms with Gasteiger partial charge in [0, 0.05) is 11.4 Å². The Balaban J connectivity index is 2.64. The van der Waals surface area contributed by atoms with E-state index in [1.165, 1.54) is 6.07 Å². The molecule has 4 nitrogen and oxygen atoms in total. The molecule has 1 aromatic rings. The van der Waals surface area contributed by atoms with Crippen LogP contribution in [-0.4, -0.2) is 14.3 Å². The Kier molecular flexibility index (Phi) is 2.44. The lowest BCUT2D eigenvalue weighted by atomic mass is 10.3. The van der Waals surface area contributed by atoms with Gasteiger partial charge in [0.2, 0.25) is 0 Å². The second-order valence-corrected chi connectivity index (χ2v) is 5.14. The van der Waals surface area contributed by atoms with Crippen LogP contribution in [0.3, 0.4) is 0 Å². The molecule has 1 aromatic carbocycles. The number of nitrogens with zero attached hydrogens (tertiary/aromatic N) is 1. The van der Waals surface area contributed by atoms with Crippen molar-refractivity contribution in [3.63, 3.8) is 0 Å². The predicted molar refractivity (Wildman–Crippen MR) is 60.0 cm³/mol. The minimum absolute atomic E-state index is 0.132. The Hall–Kier alpha value is -1.07. The van der Waals surface area contributed by atoms with Crippen molar-refractivity contribution < 1.29 is 8.42 Å². The van der Waals surface area contributed by atoms with Crippen molar-refractivity contribution in [3.8, 4) is 0 Å². The van der Waals surface area contributed by atoms with E-state index >= 15 is 0 Å². The third-order valence-corrected chi connectivity index (χ3v) is 3.66. The molecule has 0 fully saturated rings. The van der Waals surface area contributed by atoms with Crippen LogP contribution < -0.4 is 5.32 Å². The molecule has 0 aromatic heterocycles. The van der Waals surface area contributed by atoms with Crippen molar-refractivity contribution in [2.75, 3.05) is 5.32 Å². The first kappa shape index (κ1) is 10.4. The summed E-state index contributed by atoms with van der Waals surface area (Å²) in [6, 6.07) is 4.68. The van der Waals surface area contributed by atoms with E-state index < -0.39 is 10.0 Å². The minimum Gasteiger partial charge on any atom is -0.342 e. The van der Waals surface area contributed by atoms with Gasteiger partial charge in [-0.25, -0.2) is 0 Å². The van der Waals surface area contributed by atoms with Gasteiger partial charge in [0.05, 0.1) is 5.69 Å². The van der Waals surface area contributed by atoms with E-state index in [2.05, 4.69) is 9.71 Å². The smallest absolute Gasteiger partial charge is 0.286 e. The molecule has 1 aliphatic rings. The van der Waals surface area contributed by atoms with E-state index in [4.69, 9.17) is 11.6 Å². The minimum atomic E-state index is -3.58. The van der Waals surface area contributed by atoms with Crippen molar-refractivity contribution in [3.05, 3.63) is 23.2 Å². The van der Waals surface area contributed by atoms with Crippen molar-refractivity contribution in [2.24, 2.45) is 4.40 Å². The molecule has 1 heterocycles. The molecule has 0 atom stereocenters. The van der Waals surface area contributed by atoms with E-state index in [0.717, 1.165) is 0 Å². The van der Waals surface area contributed by atoms with E-state index in [1.807, 2.05) is 6.92 Å². The van der Waals surface area contributed by atoms with Crippen LogP contribution >= 0.6 is 11.6 Å². The fourth-order valence-corrected chi connectivity index (χ4v) is 2.81. The molecule has 0 saturated heterocycles. The Morgan fingerprint density at radius 2 is 2.20 bits per heavy atom. The number of amidine groups is 1. The Morgan fingerprint density at radius 3 is 2.87 bits per heavy atom. The summed E-state index contributed by atoms with van der Waals surface area (Å²) in [5, 5.41) is 3.33. The number of fused-ring (bicyclic) bond motifs is 1. The summed E-state index contributed by atoms with van der Waals surface area (Å²) in [4.78, 5) is 0.132. The highest BCUT2D eigenvalue weighted by atomic mass is 35.5. The maximum atomic E-state index is 11.7. The fourth-order valence-electron chi connectivity index (χ4n) is 1.34. The monoisotopic (exact) mass is 244 g/mol. The molecule has 1 aliphatic heterocycles. The standard InChI is InChI=1S/C9H9ClN2O2S/c1-2-9-11-7-4-3-6(10)5-8(7)15(13,14)12-9/h3-5H,2H2,1H3,(H,11,12). The molecular formula is C9H9ClN2O2S. The Bertz CT molecular complexity index is 537. The molecule has 0 saturated carbocycles. The molecule has 0 spiro atoms. The van der Waals surface area contributed by atoms with Crippen LogP contribution in [0.2, 0.25) is 5.02 Å². The van der Waals surface area contributed by atoms with Crippen molar-refractivity contribution >= 4 is 33.1 Å². The van der Waals surface area contributed by atoms with Gasteiger partial charge < -0.3 is 5.32 Å². The molecule has 0 bridgehead atoms. The molecule has 0 unspecified atom stereocenters. The Morgan fingerprint density at radius 1 is 1.47 bits per heavy atom. The number of rotatable bonds is 1. The third-order valence-electron chi connectivity index (χ3n) is 2.07. The molecule has 80 valence electrons. The molecular weight excluding hydrogens is 236 g/mol. The molecule has 2 rings (SSSR count). The van der Waals surface area contributed by atoms with Crippen LogP contribution in [0.4, 0.5) is 5.69 Å². The summed E-state index contributed by atoms with van der Waals surface area (Å²) in [5.74, 6) is 0.449.